The van der Waals surface area contributed by atoms with Gasteiger partial charge >= 0.3 is 0 Å². The van der Waals surface area contributed by atoms with E-state index in [1.807, 2.05) is 0 Å². The van der Waals surface area contributed by atoms with Crippen molar-refractivity contribution in [3.8, 4) is 5.69 Å². The lowest BCUT2D eigenvalue weighted by Crippen LogP contribution is -2.10. The highest BCUT2D eigenvalue weighted by Gasteiger charge is 2.21. The second-order valence-corrected chi connectivity index (χ2v) is 11.8. The van der Waals surface area contributed by atoms with Crippen molar-refractivity contribution in [2.45, 2.75) is 40.0 Å². The Hall–Kier alpha value is -3.75. The molecule has 0 aliphatic carbocycles. The van der Waals surface area contributed by atoms with Gasteiger partial charge in [-0.1, -0.05) is 62.7 Å². The number of hydrogen-bond acceptors (Lipinski definition) is 1. The van der Waals surface area contributed by atoms with Gasteiger partial charge in [-0.2, -0.15) is 0 Å². The zero-order valence-electron chi connectivity index (χ0n) is 21.7. The van der Waals surface area contributed by atoms with Crippen LogP contribution in [-0.2, 0) is 5.41 Å². The van der Waals surface area contributed by atoms with Crippen LogP contribution in [0.5, 0.6) is 0 Å². The van der Waals surface area contributed by atoms with E-state index in [9.17, 15) is 0 Å². The lowest BCUT2D eigenvalue weighted by molar-refractivity contribution is 0.591. The summed E-state index contributed by atoms with van der Waals surface area (Å²) in [5.74, 6) is 0. The van der Waals surface area contributed by atoms with Gasteiger partial charge in [0, 0.05) is 27.2 Å². The van der Waals surface area contributed by atoms with Gasteiger partial charge in [-0.05, 0) is 95.3 Å². The number of nitrogens with zero attached hydrogens (tertiary/aromatic N) is 1. The molecule has 0 aliphatic heterocycles. The molecule has 0 N–H and O–H groups in total. The highest BCUT2D eigenvalue weighted by Crippen LogP contribution is 2.40. The van der Waals surface area contributed by atoms with Crippen molar-refractivity contribution in [3.63, 3.8) is 0 Å². The van der Waals surface area contributed by atoms with Gasteiger partial charge < -0.3 is 8.98 Å². The third-order valence-corrected chi connectivity index (χ3v) is 7.95. The van der Waals surface area contributed by atoms with E-state index >= 15 is 0 Å². The molecular formula is C34H28ClNO. The number of rotatable bonds is 1. The molecule has 0 saturated carbocycles. The Morgan fingerprint density at radius 1 is 0.649 bits per heavy atom. The summed E-state index contributed by atoms with van der Waals surface area (Å²) in [6.07, 6.45) is 0. The second-order valence-electron chi connectivity index (χ2n) is 11.4. The topological polar surface area (TPSA) is 18.1 Å². The van der Waals surface area contributed by atoms with Crippen LogP contribution in [0, 0.1) is 13.8 Å². The average Bonchev–Trinajstić information content (AvgIpc) is 3.35. The molecule has 0 fully saturated rings. The minimum atomic E-state index is 0.0103. The summed E-state index contributed by atoms with van der Waals surface area (Å²) in [7, 11) is 0. The number of halogens is 1. The lowest BCUT2D eigenvalue weighted by Gasteiger charge is -2.20. The minimum absolute atomic E-state index is 0.0103. The Morgan fingerprint density at radius 3 is 2.16 bits per heavy atom. The fourth-order valence-electron chi connectivity index (χ4n) is 5.66. The number of benzene rings is 5. The highest BCUT2D eigenvalue weighted by molar-refractivity contribution is 6.36. The van der Waals surface area contributed by atoms with Crippen molar-refractivity contribution in [1.29, 1.82) is 0 Å². The van der Waals surface area contributed by atoms with Gasteiger partial charge in [0.15, 0.2) is 0 Å². The predicted octanol–water partition coefficient (Wildman–Crippen LogP) is 10.4. The van der Waals surface area contributed by atoms with Crippen LogP contribution >= 0.6 is 11.6 Å². The summed E-state index contributed by atoms with van der Waals surface area (Å²) in [5.41, 5.74) is 8.84. The van der Waals surface area contributed by atoms with Crippen LogP contribution in [0.3, 0.4) is 0 Å². The molecule has 0 atom stereocenters. The van der Waals surface area contributed by atoms with Crippen molar-refractivity contribution < 1.29 is 4.42 Å². The largest absolute Gasteiger partial charge is 0.456 e. The predicted molar refractivity (Wildman–Crippen MR) is 159 cm³/mol. The standard InChI is InChI=1S/C34H28ClNO/c1-19-6-10-25-28-17-23(34(3,4)5)18-29(35)33(28)36(30(25)12-19)24-9-8-21-15-27-26-11-7-20(2)13-31(26)37-32(27)16-22(21)14-24/h6-18H,1-5H3. The van der Waals surface area contributed by atoms with E-state index in [0.29, 0.717) is 0 Å². The molecule has 7 rings (SSSR count). The highest BCUT2D eigenvalue weighted by atomic mass is 35.5. The van der Waals surface area contributed by atoms with E-state index in [1.165, 1.54) is 38.4 Å². The van der Waals surface area contributed by atoms with E-state index < -0.39 is 0 Å². The van der Waals surface area contributed by atoms with Crippen LogP contribution < -0.4 is 0 Å². The molecule has 182 valence electrons. The summed E-state index contributed by atoms with van der Waals surface area (Å²) >= 11 is 7.05. The molecule has 0 saturated heterocycles. The monoisotopic (exact) mass is 501 g/mol. The SMILES string of the molecule is Cc1ccc2c(c1)oc1cc3cc(-n4c5cc(C)ccc5c5cc(C(C)(C)C)cc(Cl)c54)ccc3cc12. The first-order valence-electron chi connectivity index (χ1n) is 12.8. The van der Waals surface area contributed by atoms with Crippen LogP contribution in [-0.4, -0.2) is 4.57 Å². The Balaban J connectivity index is 1.53. The number of aryl methyl sites for hydroxylation is 2. The third-order valence-electron chi connectivity index (χ3n) is 7.67. The summed E-state index contributed by atoms with van der Waals surface area (Å²) < 4.78 is 8.58. The number of fused-ring (bicyclic) bond motifs is 7. The van der Waals surface area contributed by atoms with Gasteiger partial charge in [-0.15, -0.1) is 0 Å². The van der Waals surface area contributed by atoms with Gasteiger partial charge in [-0.3, -0.25) is 0 Å². The fourth-order valence-corrected chi connectivity index (χ4v) is 5.96. The Labute approximate surface area is 221 Å². The van der Waals surface area contributed by atoms with E-state index in [4.69, 9.17) is 16.0 Å². The number of aromatic nitrogens is 1. The molecule has 37 heavy (non-hydrogen) atoms. The Bertz CT molecular complexity index is 2050. The van der Waals surface area contributed by atoms with E-state index in [-0.39, 0.29) is 5.41 Å². The molecule has 0 bridgehead atoms. The zero-order chi connectivity index (χ0) is 25.6. The maximum Gasteiger partial charge on any atom is 0.136 e. The van der Waals surface area contributed by atoms with Crippen LogP contribution in [0.25, 0.3) is 60.2 Å². The van der Waals surface area contributed by atoms with Gasteiger partial charge in [0.1, 0.15) is 11.2 Å². The van der Waals surface area contributed by atoms with Crippen LogP contribution in [0.4, 0.5) is 0 Å². The summed E-state index contributed by atoms with van der Waals surface area (Å²) in [6.45, 7) is 10.9. The van der Waals surface area contributed by atoms with Crippen molar-refractivity contribution in [2.24, 2.45) is 0 Å². The maximum absolute atomic E-state index is 7.05. The van der Waals surface area contributed by atoms with Gasteiger partial charge in [-0.25, -0.2) is 0 Å². The van der Waals surface area contributed by atoms with E-state index in [0.717, 1.165) is 43.6 Å². The molecule has 0 amide bonds. The summed E-state index contributed by atoms with van der Waals surface area (Å²) in [5, 5.41) is 7.83. The van der Waals surface area contributed by atoms with Gasteiger partial charge in [0.05, 0.1) is 16.1 Å². The number of furan rings is 1. The lowest BCUT2D eigenvalue weighted by atomic mass is 9.86. The van der Waals surface area contributed by atoms with Crippen LogP contribution in [0.1, 0.15) is 37.5 Å². The molecular weight excluding hydrogens is 474 g/mol. The van der Waals surface area contributed by atoms with Gasteiger partial charge in [0.2, 0.25) is 0 Å². The fraction of sp³-hybridized carbons (Fsp3) is 0.176. The number of hydrogen-bond donors (Lipinski definition) is 0. The molecule has 0 aliphatic rings. The molecule has 2 aromatic heterocycles. The quantitative estimate of drug-likeness (QED) is 0.219. The molecule has 7 aromatic rings. The van der Waals surface area contributed by atoms with Crippen molar-refractivity contribution >= 4 is 66.1 Å². The first-order valence-corrected chi connectivity index (χ1v) is 13.2. The smallest absolute Gasteiger partial charge is 0.136 e. The van der Waals surface area contributed by atoms with E-state index in [2.05, 4.69) is 118 Å². The van der Waals surface area contributed by atoms with Crippen molar-refractivity contribution in [2.75, 3.05) is 0 Å². The average molecular weight is 502 g/mol. The molecule has 2 nitrogen and oxygen atoms in total. The van der Waals surface area contributed by atoms with Crippen molar-refractivity contribution in [1.82, 2.24) is 4.57 Å². The van der Waals surface area contributed by atoms with Crippen LogP contribution in [0.15, 0.2) is 83.3 Å². The molecule has 2 heterocycles. The summed E-state index contributed by atoms with van der Waals surface area (Å²) in [6, 6.07) is 28.6. The molecule has 3 heteroatoms. The minimum Gasteiger partial charge on any atom is -0.456 e. The second kappa shape index (κ2) is 7.63. The molecule has 0 unspecified atom stereocenters. The Morgan fingerprint density at radius 2 is 1.38 bits per heavy atom. The van der Waals surface area contributed by atoms with Crippen molar-refractivity contribution in [3.05, 3.63) is 101 Å². The van der Waals surface area contributed by atoms with Gasteiger partial charge in [0.25, 0.3) is 0 Å². The molecule has 0 spiro atoms. The normalized spacial score (nSPS) is 12.6. The molecule has 5 aromatic carbocycles. The Kier molecular flexibility index (Phi) is 4.63. The van der Waals surface area contributed by atoms with Crippen LogP contribution in [0.2, 0.25) is 5.02 Å². The third kappa shape index (κ3) is 3.39. The maximum atomic E-state index is 7.05. The first-order chi connectivity index (χ1) is 17.7. The van der Waals surface area contributed by atoms with E-state index in [1.54, 1.807) is 0 Å². The first kappa shape index (κ1) is 22.4. The zero-order valence-corrected chi connectivity index (χ0v) is 22.5. The molecule has 0 radical (unpaired) electrons. The summed E-state index contributed by atoms with van der Waals surface area (Å²) in [4.78, 5) is 0.